The van der Waals surface area contributed by atoms with Gasteiger partial charge in [0.05, 0.1) is 11.4 Å². The first-order valence-corrected chi connectivity index (χ1v) is 10.2. The molecule has 7 heteroatoms. The summed E-state index contributed by atoms with van der Waals surface area (Å²) in [6.07, 6.45) is 7.32. The number of amides is 1. The molecule has 5 nitrogen and oxygen atoms in total. The maximum absolute atomic E-state index is 12.4. The summed E-state index contributed by atoms with van der Waals surface area (Å²) in [5, 5.41) is 3.30. The number of hydrogen-bond donors (Lipinski definition) is 1. The van der Waals surface area contributed by atoms with Gasteiger partial charge in [0.2, 0.25) is 15.9 Å². The molecule has 0 saturated heterocycles. The SMILES string of the molecule is CN(CC(=O)NCCC1CCCCC1)S(=O)(=O)c1ccc(Cl)cc1. The molecule has 1 amide bonds. The van der Waals surface area contributed by atoms with Crippen LogP contribution in [0.3, 0.4) is 0 Å². The predicted octanol–water partition coefficient (Wildman–Crippen LogP) is 3.05. The molecule has 0 unspecified atom stereocenters. The van der Waals surface area contributed by atoms with Crippen LogP contribution >= 0.6 is 11.6 Å². The Morgan fingerprint density at radius 2 is 1.83 bits per heavy atom. The Labute approximate surface area is 149 Å². The van der Waals surface area contributed by atoms with E-state index in [9.17, 15) is 13.2 Å². The lowest BCUT2D eigenvalue weighted by atomic mass is 9.87. The molecule has 0 aromatic heterocycles. The number of hydrogen-bond acceptors (Lipinski definition) is 3. The first-order valence-electron chi connectivity index (χ1n) is 8.38. The molecule has 24 heavy (non-hydrogen) atoms. The van der Waals surface area contributed by atoms with E-state index in [0.717, 1.165) is 10.7 Å². The third-order valence-electron chi connectivity index (χ3n) is 4.49. The van der Waals surface area contributed by atoms with Gasteiger partial charge in [-0.3, -0.25) is 4.79 Å². The summed E-state index contributed by atoms with van der Waals surface area (Å²) >= 11 is 5.77. The Bertz CT molecular complexity index is 640. The summed E-state index contributed by atoms with van der Waals surface area (Å²) in [5.74, 6) is 0.417. The van der Waals surface area contributed by atoms with Gasteiger partial charge >= 0.3 is 0 Å². The van der Waals surface area contributed by atoms with Crippen LogP contribution in [0.1, 0.15) is 38.5 Å². The number of carbonyl (C=O) groups is 1. The molecule has 1 N–H and O–H groups in total. The number of benzene rings is 1. The fraction of sp³-hybridized carbons (Fsp3) is 0.588. The average Bonchev–Trinajstić information content (AvgIpc) is 2.56. The van der Waals surface area contributed by atoms with E-state index in [1.54, 1.807) is 0 Å². The van der Waals surface area contributed by atoms with Crippen molar-refractivity contribution in [3.05, 3.63) is 29.3 Å². The zero-order valence-corrected chi connectivity index (χ0v) is 15.6. The van der Waals surface area contributed by atoms with E-state index < -0.39 is 10.0 Å². The van der Waals surface area contributed by atoms with Gasteiger partial charge < -0.3 is 5.32 Å². The molecule has 1 aliphatic rings. The van der Waals surface area contributed by atoms with Crippen molar-refractivity contribution in [1.82, 2.24) is 9.62 Å². The topological polar surface area (TPSA) is 66.5 Å². The predicted molar refractivity (Wildman–Crippen MR) is 95.5 cm³/mol. The fourth-order valence-corrected chi connectivity index (χ4v) is 4.27. The quantitative estimate of drug-likeness (QED) is 0.799. The van der Waals surface area contributed by atoms with Crippen LogP contribution in [0.25, 0.3) is 0 Å². The lowest BCUT2D eigenvalue weighted by molar-refractivity contribution is -0.121. The molecular formula is C17H25ClN2O3S. The lowest BCUT2D eigenvalue weighted by Gasteiger charge is -2.22. The van der Waals surface area contributed by atoms with Gasteiger partial charge in [0.1, 0.15) is 0 Å². The minimum atomic E-state index is -3.68. The van der Waals surface area contributed by atoms with Crippen LogP contribution in [0.2, 0.25) is 5.02 Å². The molecular weight excluding hydrogens is 348 g/mol. The molecule has 1 aromatic rings. The monoisotopic (exact) mass is 372 g/mol. The van der Waals surface area contributed by atoms with Gasteiger partial charge in [0.15, 0.2) is 0 Å². The minimum absolute atomic E-state index is 0.129. The highest BCUT2D eigenvalue weighted by molar-refractivity contribution is 7.89. The van der Waals surface area contributed by atoms with E-state index in [0.29, 0.717) is 17.5 Å². The molecule has 1 fully saturated rings. The standard InChI is InChI=1S/C17H25ClN2O3S/c1-20(24(22,23)16-9-7-15(18)8-10-16)13-17(21)19-12-11-14-5-3-2-4-6-14/h7-10,14H,2-6,11-13H2,1H3,(H,19,21). The van der Waals surface area contributed by atoms with Crippen LogP contribution in [0, 0.1) is 5.92 Å². The van der Waals surface area contributed by atoms with Gasteiger partial charge in [-0.1, -0.05) is 43.7 Å². The van der Waals surface area contributed by atoms with E-state index >= 15 is 0 Å². The third-order valence-corrected chi connectivity index (χ3v) is 6.56. The minimum Gasteiger partial charge on any atom is -0.355 e. The molecule has 0 heterocycles. The zero-order chi connectivity index (χ0) is 17.6. The van der Waals surface area contributed by atoms with Gasteiger partial charge in [0.25, 0.3) is 0 Å². The lowest BCUT2D eigenvalue weighted by Crippen LogP contribution is -2.39. The Hall–Kier alpha value is -1.11. The van der Waals surface area contributed by atoms with Crippen LogP contribution in [0.4, 0.5) is 0 Å². The van der Waals surface area contributed by atoms with Gasteiger partial charge in [-0.2, -0.15) is 4.31 Å². The van der Waals surface area contributed by atoms with E-state index in [4.69, 9.17) is 11.6 Å². The number of nitrogens with one attached hydrogen (secondary N) is 1. The van der Waals surface area contributed by atoms with Gasteiger partial charge in [-0.15, -0.1) is 0 Å². The Kier molecular flexibility index (Phi) is 7.07. The number of sulfonamides is 1. The highest BCUT2D eigenvalue weighted by Gasteiger charge is 2.23. The second-order valence-corrected chi connectivity index (χ2v) is 8.84. The van der Waals surface area contributed by atoms with E-state index in [2.05, 4.69) is 5.32 Å². The van der Waals surface area contributed by atoms with Crippen molar-refractivity contribution in [2.45, 2.75) is 43.4 Å². The summed E-state index contributed by atoms with van der Waals surface area (Å²) < 4.78 is 25.9. The summed E-state index contributed by atoms with van der Waals surface area (Å²) in [4.78, 5) is 12.1. The number of nitrogens with zero attached hydrogens (tertiary/aromatic N) is 1. The third kappa shape index (κ3) is 5.46. The fourth-order valence-electron chi connectivity index (χ4n) is 3.02. The maximum Gasteiger partial charge on any atom is 0.243 e. The van der Waals surface area contributed by atoms with Crippen LogP contribution in [0.15, 0.2) is 29.2 Å². The summed E-state index contributed by atoms with van der Waals surface area (Å²) in [6.45, 7) is 0.425. The van der Waals surface area contributed by atoms with Gasteiger partial charge in [0, 0.05) is 18.6 Å². The van der Waals surface area contributed by atoms with Crippen molar-refractivity contribution in [2.24, 2.45) is 5.92 Å². The normalized spacial score (nSPS) is 16.3. The first kappa shape index (κ1) is 19.2. The molecule has 0 spiro atoms. The summed E-state index contributed by atoms with van der Waals surface area (Å²) in [6, 6.07) is 5.92. The second-order valence-electron chi connectivity index (χ2n) is 6.36. The van der Waals surface area contributed by atoms with Crippen molar-refractivity contribution in [3.8, 4) is 0 Å². The van der Waals surface area contributed by atoms with Crippen molar-refractivity contribution < 1.29 is 13.2 Å². The highest BCUT2D eigenvalue weighted by atomic mass is 35.5. The molecule has 2 rings (SSSR count). The smallest absolute Gasteiger partial charge is 0.243 e. The molecule has 1 saturated carbocycles. The van der Waals surface area contributed by atoms with Crippen molar-refractivity contribution in [1.29, 1.82) is 0 Å². The number of halogens is 1. The van der Waals surface area contributed by atoms with Crippen molar-refractivity contribution >= 4 is 27.5 Å². The average molecular weight is 373 g/mol. The Morgan fingerprint density at radius 1 is 1.21 bits per heavy atom. The van der Waals surface area contributed by atoms with E-state index in [-0.39, 0.29) is 17.3 Å². The van der Waals surface area contributed by atoms with E-state index in [1.807, 2.05) is 0 Å². The number of rotatable bonds is 7. The van der Waals surface area contributed by atoms with Crippen LogP contribution in [0.5, 0.6) is 0 Å². The van der Waals surface area contributed by atoms with Crippen molar-refractivity contribution in [2.75, 3.05) is 20.1 Å². The molecule has 1 aliphatic carbocycles. The molecule has 0 atom stereocenters. The molecule has 0 aliphatic heterocycles. The second kappa shape index (κ2) is 8.83. The molecule has 1 aromatic carbocycles. The number of likely N-dealkylation sites (N-methyl/N-ethyl adjacent to an activating group) is 1. The summed E-state index contributed by atoms with van der Waals surface area (Å²) in [5.41, 5.74) is 0. The highest BCUT2D eigenvalue weighted by Crippen LogP contribution is 2.25. The first-order chi connectivity index (χ1) is 11.4. The van der Waals surface area contributed by atoms with Gasteiger partial charge in [-0.25, -0.2) is 8.42 Å². The van der Waals surface area contributed by atoms with Crippen LogP contribution < -0.4 is 5.32 Å². The largest absolute Gasteiger partial charge is 0.355 e. The van der Waals surface area contributed by atoms with Crippen LogP contribution in [-0.2, 0) is 14.8 Å². The Balaban J connectivity index is 1.80. The maximum atomic E-state index is 12.4. The van der Waals surface area contributed by atoms with Crippen molar-refractivity contribution in [3.63, 3.8) is 0 Å². The Morgan fingerprint density at radius 3 is 2.46 bits per heavy atom. The molecule has 0 bridgehead atoms. The van der Waals surface area contributed by atoms with Gasteiger partial charge in [-0.05, 0) is 36.6 Å². The number of carbonyl (C=O) groups excluding carboxylic acids is 1. The molecule has 0 radical (unpaired) electrons. The van der Waals surface area contributed by atoms with Crippen LogP contribution in [-0.4, -0.2) is 38.8 Å². The molecule has 134 valence electrons. The van der Waals surface area contributed by atoms with E-state index in [1.165, 1.54) is 63.4 Å². The summed E-state index contributed by atoms with van der Waals surface area (Å²) in [7, 11) is -2.28. The zero-order valence-electron chi connectivity index (χ0n) is 14.0.